The van der Waals surface area contributed by atoms with Gasteiger partial charge in [0.25, 0.3) is 0 Å². The average molecular weight is 414 g/mol. The summed E-state index contributed by atoms with van der Waals surface area (Å²) < 4.78 is 0. The molecular formula is C25H39N3S. The number of nitrogens with one attached hydrogen (secondary N) is 1. The molecule has 160 valence electrons. The summed E-state index contributed by atoms with van der Waals surface area (Å²) in [4.78, 5) is 6.84. The Morgan fingerprint density at radius 3 is 2.52 bits per heavy atom. The predicted molar refractivity (Wildman–Crippen MR) is 132 cm³/mol. The summed E-state index contributed by atoms with van der Waals surface area (Å²) in [6.45, 7) is 6.59. The number of thioether (sulfide) groups is 1. The van der Waals surface area contributed by atoms with Crippen molar-refractivity contribution in [3.63, 3.8) is 0 Å². The second-order valence-electron chi connectivity index (χ2n) is 8.33. The van der Waals surface area contributed by atoms with Gasteiger partial charge in [-0.3, -0.25) is 4.99 Å². The van der Waals surface area contributed by atoms with Crippen LogP contribution in [0.15, 0.2) is 51.6 Å². The third kappa shape index (κ3) is 7.58. The van der Waals surface area contributed by atoms with Crippen molar-refractivity contribution in [3.8, 4) is 0 Å². The van der Waals surface area contributed by atoms with Gasteiger partial charge in [-0.15, -0.1) is 0 Å². The lowest BCUT2D eigenvalue weighted by Crippen LogP contribution is -2.20. The van der Waals surface area contributed by atoms with Gasteiger partial charge in [-0.1, -0.05) is 56.2 Å². The van der Waals surface area contributed by atoms with Gasteiger partial charge in [-0.2, -0.15) is 0 Å². The van der Waals surface area contributed by atoms with Crippen LogP contribution in [0.2, 0.25) is 0 Å². The minimum Gasteiger partial charge on any atom is -0.378 e. The van der Waals surface area contributed by atoms with Crippen molar-refractivity contribution in [3.05, 3.63) is 52.2 Å². The lowest BCUT2D eigenvalue weighted by Gasteiger charge is -2.25. The second kappa shape index (κ2) is 12.1. The number of benzene rings is 1. The molecule has 1 saturated carbocycles. The lowest BCUT2D eigenvalue weighted by molar-refractivity contribution is 0.443. The summed E-state index contributed by atoms with van der Waals surface area (Å²) in [6.07, 6.45) is 10.9. The SMILES string of the molecule is CC/C=C(/Cc1cccc(N(C)C)c1)NC(SC(=NC)C1CCCCC1)=C(C)C. The van der Waals surface area contributed by atoms with Crippen LogP contribution in [0, 0.1) is 5.92 Å². The second-order valence-corrected chi connectivity index (χ2v) is 9.36. The Morgan fingerprint density at radius 2 is 1.93 bits per heavy atom. The van der Waals surface area contributed by atoms with E-state index in [1.165, 1.54) is 64.7 Å². The highest BCUT2D eigenvalue weighted by atomic mass is 32.2. The average Bonchev–Trinajstić information content (AvgIpc) is 2.71. The zero-order valence-corrected chi connectivity index (χ0v) is 20.0. The van der Waals surface area contributed by atoms with Gasteiger partial charge in [0.1, 0.15) is 0 Å². The lowest BCUT2D eigenvalue weighted by atomic mass is 9.90. The van der Waals surface area contributed by atoms with Gasteiger partial charge < -0.3 is 10.2 Å². The first-order valence-electron chi connectivity index (χ1n) is 11.0. The number of aliphatic imine (C=N–C) groups is 1. The predicted octanol–water partition coefficient (Wildman–Crippen LogP) is 6.77. The van der Waals surface area contributed by atoms with Crippen LogP contribution in [0.3, 0.4) is 0 Å². The van der Waals surface area contributed by atoms with Gasteiger partial charge in [-0.05, 0) is 56.4 Å². The maximum Gasteiger partial charge on any atom is 0.0769 e. The number of hydrogen-bond acceptors (Lipinski definition) is 4. The Morgan fingerprint density at radius 1 is 1.21 bits per heavy atom. The highest BCUT2D eigenvalue weighted by Crippen LogP contribution is 2.33. The van der Waals surface area contributed by atoms with Gasteiger partial charge in [0.05, 0.1) is 10.1 Å². The third-order valence-electron chi connectivity index (χ3n) is 5.38. The molecule has 0 unspecified atom stereocenters. The molecule has 0 aliphatic heterocycles. The molecule has 0 aromatic heterocycles. The summed E-state index contributed by atoms with van der Waals surface area (Å²) >= 11 is 1.85. The molecule has 1 aliphatic rings. The standard InChI is InChI=1S/C25H39N3S/c1-7-12-22(17-20-13-11-16-23(18-20)28(5)6)27-24(19(2)3)29-25(26-4)21-14-9-8-10-15-21/h11-13,16,18,21,27H,7-10,14-15,17H2,1-6H3/b22-12-,26-25?. The van der Waals surface area contributed by atoms with Crippen LogP contribution in [0.1, 0.15) is 64.9 Å². The number of hydrogen-bond donors (Lipinski definition) is 1. The van der Waals surface area contributed by atoms with Gasteiger partial charge in [0.2, 0.25) is 0 Å². The largest absolute Gasteiger partial charge is 0.378 e. The zero-order chi connectivity index (χ0) is 21.2. The minimum atomic E-state index is 0.630. The van der Waals surface area contributed by atoms with Crippen LogP contribution in [0.25, 0.3) is 0 Å². The first-order valence-corrected chi connectivity index (χ1v) is 11.8. The fraction of sp³-hybridized carbons (Fsp3) is 0.560. The molecule has 4 heteroatoms. The normalized spacial score (nSPS) is 15.9. The molecule has 0 bridgehead atoms. The van der Waals surface area contributed by atoms with Crippen LogP contribution in [-0.4, -0.2) is 26.2 Å². The summed E-state index contributed by atoms with van der Waals surface area (Å²) in [7, 11) is 6.14. The van der Waals surface area contributed by atoms with Gasteiger partial charge in [0, 0.05) is 44.9 Å². The van der Waals surface area contributed by atoms with Crippen molar-refractivity contribution in [2.45, 2.75) is 65.7 Å². The van der Waals surface area contributed by atoms with E-state index in [1.807, 2.05) is 18.8 Å². The topological polar surface area (TPSA) is 27.6 Å². The van der Waals surface area contributed by atoms with E-state index in [4.69, 9.17) is 0 Å². The van der Waals surface area contributed by atoms with Gasteiger partial charge in [-0.25, -0.2) is 0 Å². The molecule has 1 aromatic carbocycles. The van der Waals surface area contributed by atoms with E-state index in [0.29, 0.717) is 5.92 Å². The van der Waals surface area contributed by atoms with Crippen molar-refractivity contribution in [2.24, 2.45) is 10.9 Å². The van der Waals surface area contributed by atoms with E-state index in [9.17, 15) is 0 Å². The smallest absolute Gasteiger partial charge is 0.0769 e. The molecule has 0 heterocycles. The van der Waals surface area contributed by atoms with Crippen molar-refractivity contribution in [2.75, 3.05) is 26.0 Å². The van der Waals surface area contributed by atoms with E-state index < -0.39 is 0 Å². The summed E-state index contributed by atoms with van der Waals surface area (Å²) in [5, 5.41) is 6.29. The molecule has 2 rings (SSSR count). The van der Waals surface area contributed by atoms with E-state index in [1.54, 1.807) is 0 Å². The molecule has 29 heavy (non-hydrogen) atoms. The van der Waals surface area contributed by atoms with Crippen molar-refractivity contribution in [1.82, 2.24) is 5.32 Å². The van der Waals surface area contributed by atoms with Crippen LogP contribution < -0.4 is 10.2 Å². The Hall–Kier alpha value is -1.68. The maximum absolute atomic E-state index is 4.68. The Bertz CT molecular complexity index is 736. The van der Waals surface area contributed by atoms with Crippen LogP contribution >= 0.6 is 11.8 Å². The van der Waals surface area contributed by atoms with Crippen molar-refractivity contribution >= 4 is 22.5 Å². The number of allylic oxidation sites excluding steroid dienone is 3. The molecule has 0 saturated heterocycles. The van der Waals surface area contributed by atoms with E-state index >= 15 is 0 Å². The van der Waals surface area contributed by atoms with Crippen molar-refractivity contribution < 1.29 is 0 Å². The quantitative estimate of drug-likeness (QED) is 0.376. The monoisotopic (exact) mass is 413 g/mol. The van der Waals surface area contributed by atoms with Gasteiger partial charge in [0.15, 0.2) is 0 Å². The minimum absolute atomic E-state index is 0.630. The molecule has 0 radical (unpaired) electrons. The van der Waals surface area contributed by atoms with E-state index in [-0.39, 0.29) is 0 Å². The molecule has 0 amide bonds. The van der Waals surface area contributed by atoms with Crippen molar-refractivity contribution in [1.29, 1.82) is 0 Å². The summed E-state index contributed by atoms with van der Waals surface area (Å²) in [5.74, 6) is 0.630. The fourth-order valence-electron chi connectivity index (χ4n) is 3.74. The summed E-state index contributed by atoms with van der Waals surface area (Å²) in [5.41, 5.74) is 5.16. The first kappa shape index (κ1) is 23.6. The van der Waals surface area contributed by atoms with Crippen LogP contribution in [0.5, 0.6) is 0 Å². The fourth-order valence-corrected chi connectivity index (χ4v) is 4.83. The first-order chi connectivity index (χ1) is 13.9. The number of anilines is 1. The third-order valence-corrected chi connectivity index (χ3v) is 6.82. The molecular weight excluding hydrogens is 374 g/mol. The molecule has 1 aliphatic carbocycles. The molecule has 0 spiro atoms. The molecule has 3 nitrogen and oxygen atoms in total. The van der Waals surface area contributed by atoms with Gasteiger partial charge >= 0.3 is 0 Å². The van der Waals surface area contributed by atoms with E-state index in [0.717, 1.165) is 12.8 Å². The Labute approximate surface area is 182 Å². The number of rotatable bonds is 8. The maximum atomic E-state index is 4.68. The van der Waals surface area contributed by atoms with Crippen LogP contribution in [-0.2, 0) is 6.42 Å². The Balaban J connectivity index is 2.14. The highest BCUT2D eigenvalue weighted by Gasteiger charge is 2.21. The zero-order valence-electron chi connectivity index (χ0n) is 19.2. The summed E-state index contributed by atoms with van der Waals surface area (Å²) in [6, 6.07) is 8.80. The molecule has 0 atom stereocenters. The van der Waals surface area contributed by atoms with Crippen LogP contribution in [0.4, 0.5) is 5.69 Å². The highest BCUT2D eigenvalue weighted by molar-refractivity contribution is 8.17. The molecule has 1 N–H and O–H groups in total. The number of nitrogens with zero attached hydrogens (tertiary/aromatic N) is 2. The van der Waals surface area contributed by atoms with E-state index in [2.05, 4.69) is 80.4 Å². The molecule has 1 fully saturated rings. The Kier molecular flexibility index (Phi) is 9.86. The molecule has 1 aromatic rings.